The molecule has 3 aliphatic carbocycles. The fourth-order valence-electron chi connectivity index (χ4n) is 4.27. The van der Waals surface area contributed by atoms with Gasteiger partial charge in [-0.25, -0.2) is 0 Å². The number of hydrogen-bond donors (Lipinski definition) is 1. The van der Waals surface area contributed by atoms with Crippen molar-refractivity contribution in [2.45, 2.75) is 31.8 Å². The van der Waals surface area contributed by atoms with Gasteiger partial charge in [0.1, 0.15) is 0 Å². The fraction of sp³-hybridized carbons (Fsp3) is 0.692. The van der Waals surface area contributed by atoms with Crippen molar-refractivity contribution in [3.8, 4) is 0 Å². The van der Waals surface area contributed by atoms with Crippen molar-refractivity contribution < 1.29 is 0 Å². The molecule has 0 radical (unpaired) electrons. The van der Waals surface area contributed by atoms with Crippen LogP contribution in [0.15, 0.2) is 15.2 Å². The van der Waals surface area contributed by atoms with Crippen molar-refractivity contribution in [1.29, 1.82) is 0 Å². The number of halogens is 1. The molecule has 86 valence electrons. The lowest BCUT2D eigenvalue weighted by molar-refractivity contribution is 0.456. The Labute approximate surface area is 109 Å². The van der Waals surface area contributed by atoms with E-state index in [1.807, 2.05) is 0 Å². The van der Waals surface area contributed by atoms with Gasteiger partial charge in [-0.3, -0.25) is 0 Å². The van der Waals surface area contributed by atoms with E-state index < -0.39 is 0 Å². The zero-order chi connectivity index (χ0) is 10.7. The predicted molar refractivity (Wildman–Crippen MR) is 70.5 cm³/mol. The van der Waals surface area contributed by atoms with Gasteiger partial charge in [0.25, 0.3) is 0 Å². The smallest absolute Gasteiger partial charge is 0.0701 e. The van der Waals surface area contributed by atoms with E-state index in [4.69, 9.17) is 0 Å². The molecule has 1 aromatic heterocycles. The zero-order valence-electron chi connectivity index (χ0n) is 9.16. The zero-order valence-corrected chi connectivity index (χ0v) is 11.6. The lowest BCUT2D eigenvalue weighted by Gasteiger charge is -2.09. The largest absolute Gasteiger partial charge is 0.309 e. The molecule has 0 aliphatic heterocycles. The van der Waals surface area contributed by atoms with E-state index in [9.17, 15) is 0 Å². The summed E-state index contributed by atoms with van der Waals surface area (Å²) in [7, 11) is 0. The second-order valence-electron chi connectivity index (χ2n) is 5.65. The molecular formula is C13H16BrNS. The molecule has 0 saturated heterocycles. The molecule has 1 nitrogen and oxygen atoms in total. The minimum atomic E-state index is 0.866. The lowest BCUT2D eigenvalue weighted by atomic mass is 10.0. The first-order valence-electron chi connectivity index (χ1n) is 6.29. The molecule has 3 aliphatic rings. The summed E-state index contributed by atoms with van der Waals surface area (Å²) >= 11 is 5.31. The van der Waals surface area contributed by atoms with Gasteiger partial charge in [-0.2, -0.15) is 0 Å². The highest BCUT2D eigenvalue weighted by atomic mass is 79.9. The van der Waals surface area contributed by atoms with E-state index in [0.717, 1.165) is 36.3 Å². The summed E-state index contributed by atoms with van der Waals surface area (Å²) < 4.78 is 1.25. The molecule has 2 bridgehead atoms. The Bertz CT molecular complexity index is 400. The molecule has 1 N–H and O–H groups in total. The number of fused-ring (bicyclic) bond motifs is 5. The Morgan fingerprint density at radius 2 is 2.06 bits per heavy atom. The average molecular weight is 298 g/mol. The van der Waals surface area contributed by atoms with Crippen LogP contribution >= 0.6 is 27.3 Å². The maximum absolute atomic E-state index is 3.77. The highest BCUT2D eigenvalue weighted by Crippen LogP contribution is 2.65. The third-order valence-electron chi connectivity index (χ3n) is 4.90. The third-order valence-corrected chi connectivity index (χ3v) is 6.45. The maximum Gasteiger partial charge on any atom is 0.0701 e. The molecule has 0 spiro atoms. The van der Waals surface area contributed by atoms with E-state index in [1.165, 1.54) is 22.2 Å². The van der Waals surface area contributed by atoms with Crippen LogP contribution in [-0.4, -0.2) is 6.04 Å². The fourth-order valence-corrected chi connectivity index (χ4v) is 5.48. The van der Waals surface area contributed by atoms with Gasteiger partial charge in [0, 0.05) is 12.6 Å². The van der Waals surface area contributed by atoms with Gasteiger partial charge in [0.15, 0.2) is 0 Å². The summed E-state index contributed by atoms with van der Waals surface area (Å²) in [5.41, 5.74) is 1.44. The van der Waals surface area contributed by atoms with E-state index in [-0.39, 0.29) is 0 Å². The molecule has 4 atom stereocenters. The van der Waals surface area contributed by atoms with E-state index in [0.29, 0.717) is 0 Å². The Kier molecular flexibility index (Phi) is 2.25. The van der Waals surface area contributed by atoms with Crippen LogP contribution in [0.1, 0.15) is 24.8 Å². The summed E-state index contributed by atoms with van der Waals surface area (Å²) in [6, 6.07) is 3.11. The van der Waals surface area contributed by atoms with Crippen LogP contribution in [0.4, 0.5) is 0 Å². The van der Waals surface area contributed by atoms with Gasteiger partial charge in [-0.15, -0.1) is 11.3 Å². The van der Waals surface area contributed by atoms with Gasteiger partial charge in [-0.1, -0.05) is 0 Å². The molecule has 3 heteroatoms. The van der Waals surface area contributed by atoms with E-state index in [1.54, 1.807) is 17.8 Å². The summed E-state index contributed by atoms with van der Waals surface area (Å²) in [4.78, 5) is 0. The first-order chi connectivity index (χ1) is 7.83. The van der Waals surface area contributed by atoms with Gasteiger partial charge in [-0.05, 0) is 75.9 Å². The summed E-state index contributed by atoms with van der Waals surface area (Å²) in [6.45, 7) is 1.07. The number of hydrogen-bond acceptors (Lipinski definition) is 2. The summed E-state index contributed by atoms with van der Waals surface area (Å²) in [5, 5.41) is 6.03. The minimum Gasteiger partial charge on any atom is -0.309 e. The minimum absolute atomic E-state index is 0.866. The summed E-state index contributed by atoms with van der Waals surface area (Å²) in [6.07, 6.45) is 4.60. The van der Waals surface area contributed by atoms with Crippen LogP contribution in [0, 0.1) is 23.7 Å². The molecular weight excluding hydrogens is 282 g/mol. The van der Waals surface area contributed by atoms with Gasteiger partial charge >= 0.3 is 0 Å². The third kappa shape index (κ3) is 1.44. The van der Waals surface area contributed by atoms with Crippen LogP contribution in [0.2, 0.25) is 0 Å². The molecule has 4 unspecified atom stereocenters. The molecule has 1 aromatic rings. The molecule has 16 heavy (non-hydrogen) atoms. The normalized spacial score (nSPS) is 43.7. The predicted octanol–water partition coefficient (Wildman–Crippen LogP) is 3.64. The van der Waals surface area contributed by atoms with Crippen molar-refractivity contribution >= 4 is 27.3 Å². The standard InChI is InChI=1S/C13H16BrNS/c14-10-3-7(6-16-10)5-15-13-11-8-1-2-9(4-8)12(11)13/h3,6,8-9,11-13,15H,1-2,4-5H2. The molecule has 3 fully saturated rings. The van der Waals surface area contributed by atoms with Gasteiger partial charge in [0.05, 0.1) is 3.79 Å². The topological polar surface area (TPSA) is 12.0 Å². The van der Waals surface area contributed by atoms with Gasteiger partial charge in [0.2, 0.25) is 0 Å². The SMILES string of the molecule is Brc1cc(CNC2C3C4CCC(C4)C23)cs1. The van der Waals surface area contributed by atoms with Crippen LogP contribution < -0.4 is 5.32 Å². The Hall–Kier alpha value is 0.140. The van der Waals surface area contributed by atoms with Crippen LogP contribution in [-0.2, 0) is 6.54 Å². The Morgan fingerprint density at radius 3 is 2.69 bits per heavy atom. The molecule has 4 rings (SSSR count). The Morgan fingerprint density at radius 1 is 1.31 bits per heavy atom. The maximum atomic E-state index is 3.77. The van der Waals surface area contributed by atoms with E-state index >= 15 is 0 Å². The van der Waals surface area contributed by atoms with Crippen molar-refractivity contribution in [3.63, 3.8) is 0 Å². The Balaban J connectivity index is 1.37. The van der Waals surface area contributed by atoms with Crippen molar-refractivity contribution in [2.75, 3.05) is 0 Å². The highest BCUT2D eigenvalue weighted by molar-refractivity contribution is 9.11. The lowest BCUT2D eigenvalue weighted by Crippen LogP contribution is -2.22. The second-order valence-corrected chi connectivity index (χ2v) is 7.94. The first kappa shape index (κ1) is 10.1. The van der Waals surface area contributed by atoms with Crippen molar-refractivity contribution in [2.24, 2.45) is 23.7 Å². The number of rotatable bonds is 3. The quantitative estimate of drug-likeness (QED) is 0.898. The monoisotopic (exact) mass is 297 g/mol. The van der Waals surface area contributed by atoms with Gasteiger partial charge < -0.3 is 5.32 Å². The second kappa shape index (κ2) is 3.56. The summed E-state index contributed by atoms with van der Waals surface area (Å²) in [5.74, 6) is 4.28. The molecule has 0 amide bonds. The molecule has 1 heterocycles. The van der Waals surface area contributed by atoms with Crippen LogP contribution in [0.25, 0.3) is 0 Å². The van der Waals surface area contributed by atoms with Crippen LogP contribution in [0.5, 0.6) is 0 Å². The number of thiophene rings is 1. The number of nitrogens with one attached hydrogen (secondary N) is 1. The van der Waals surface area contributed by atoms with Crippen molar-refractivity contribution in [1.82, 2.24) is 5.32 Å². The van der Waals surface area contributed by atoms with Crippen molar-refractivity contribution in [3.05, 3.63) is 20.8 Å². The molecule has 0 aromatic carbocycles. The highest BCUT2D eigenvalue weighted by Gasteiger charge is 2.64. The van der Waals surface area contributed by atoms with E-state index in [2.05, 4.69) is 32.7 Å². The molecule has 3 saturated carbocycles. The average Bonchev–Trinajstić information content (AvgIpc) is 2.70. The first-order valence-corrected chi connectivity index (χ1v) is 7.96. The van der Waals surface area contributed by atoms with Crippen LogP contribution in [0.3, 0.4) is 0 Å².